The van der Waals surface area contributed by atoms with Gasteiger partial charge in [-0.3, -0.25) is 0 Å². The molecule has 2 heterocycles. The summed E-state index contributed by atoms with van der Waals surface area (Å²) in [6.45, 7) is 5.94. The molecule has 6 heteroatoms. The Balaban J connectivity index is 2.12. The maximum Gasteiger partial charge on any atom is 0.129 e. The molecule has 0 bridgehead atoms. The fourth-order valence-corrected chi connectivity index (χ4v) is 2.50. The van der Waals surface area contributed by atoms with E-state index in [0.717, 1.165) is 30.9 Å². The minimum Gasteiger partial charge on any atom is -0.402 e. The van der Waals surface area contributed by atoms with Crippen LogP contribution in [0.25, 0.3) is 0 Å². The van der Waals surface area contributed by atoms with E-state index in [2.05, 4.69) is 22.0 Å². The first-order valence-corrected chi connectivity index (χ1v) is 7.95. The normalized spacial score (nSPS) is 19.1. The number of anilines is 1. The van der Waals surface area contributed by atoms with Gasteiger partial charge in [-0.15, -0.1) is 4.91 Å². The van der Waals surface area contributed by atoms with E-state index in [9.17, 15) is 4.91 Å². The van der Waals surface area contributed by atoms with E-state index in [0.29, 0.717) is 17.3 Å². The highest BCUT2D eigenvalue weighted by molar-refractivity contribution is 6.07. The third-order valence-electron chi connectivity index (χ3n) is 3.85. The maximum atomic E-state index is 10.8. The number of pyridine rings is 1. The van der Waals surface area contributed by atoms with E-state index in [1.165, 1.54) is 12.2 Å². The summed E-state index contributed by atoms with van der Waals surface area (Å²) in [5.41, 5.74) is 7.38. The number of nitrogens with two attached hydrogens (primary N) is 1. The molecule has 0 radical (unpaired) electrons. The van der Waals surface area contributed by atoms with Gasteiger partial charge >= 0.3 is 0 Å². The first-order valence-electron chi connectivity index (χ1n) is 7.95. The van der Waals surface area contributed by atoms with Crippen LogP contribution >= 0.6 is 0 Å². The molecule has 1 aliphatic heterocycles. The Labute approximate surface area is 142 Å². The molecule has 1 saturated heterocycles. The molecule has 1 aromatic rings. The van der Waals surface area contributed by atoms with Gasteiger partial charge in [0.05, 0.1) is 5.71 Å². The van der Waals surface area contributed by atoms with Crippen LogP contribution < -0.4 is 10.6 Å². The van der Waals surface area contributed by atoms with Crippen LogP contribution in [0.15, 0.2) is 59.2 Å². The van der Waals surface area contributed by atoms with Crippen molar-refractivity contribution >= 4 is 11.5 Å². The van der Waals surface area contributed by atoms with Crippen molar-refractivity contribution in [3.8, 4) is 0 Å². The highest BCUT2D eigenvalue weighted by Gasteiger charge is 2.20. The Morgan fingerprint density at radius 2 is 2.25 bits per heavy atom. The van der Waals surface area contributed by atoms with Crippen molar-refractivity contribution in [2.24, 2.45) is 16.8 Å². The number of hydrogen-bond acceptors (Lipinski definition) is 6. The summed E-state index contributed by atoms with van der Waals surface area (Å²) >= 11 is 0. The van der Waals surface area contributed by atoms with Crippen molar-refractivity contribution in [1.82, 2.24) is 4.98 Å². The molecule has 24 heavy (non-hydrogen) atoms. The van der Waals surface area contributed by atoms with Crippen molar-refractivity contribution in [3.63, 3.8) is 0 Å². The van der Waals surface area contributed by atoms with E-state index >= 15 is 0 Å². The Morgan fingerprint density at radius 3 is 2.88 bits per heavy atom. The zero-order chi connectivity index (χ0) is 17.5. The van der Waals surface area contributed by atoms with Gasteiger partial charge in [0.15, 0.2) is 0 Å². The molecule has 1 aliphatic rings. The minimum absolute atomic E-state index is 0.215. The zero-order valence-electron chi connectivity index (χ0n) is 14.1. The first kappa shape index (κ1) is 17.6. The van der Waals surface area contributed by atoms with Crippen LogP contribution in [0.3, 0.4) is 0 Å². The molecule has 0 amide bonds. The third kappa shape index (κ3) is 4.87. The van der Waals surface area contributed by atoms with Crippen LogP contribution in [0.1, 0.15) is 25.8 Å². The Kier molecular flexibility index (Phi) is 6.01. The number of nitroso groups, excluding NO2 is 1. The predicted octanol–water partition coefficient (Wildman–Crippen LogP) is 3.36. The number of nitrogens with zero attached hydrogens (tertiary/aromatic N) is 3. The molecule has 0 aliphatic carbocycles. The molecule has 2 rings (SSSR count). The quantitative estimate of drug-likeness (QED) is 0.476. The summed E-state index contributed by atoms with van der Waals surface area (Å²) < 4.78 is 0. The lowest BCUT2D eigenvalue weighted by molar-refractivity contribution is 0.659. The van der Waals surface area contributed by atoms with Gasteiger partial charge in [0.25, 0.3) is 0 Å². The van der Waals surface area contributed by atoms with E-state index in [1.54, 1.807) is 31.3 Å². The standard InChI is InChI=1S/C18H23N5O/c1-13-8-10-23(12-13)18-11-15(7-9-21-18)17(20)6-5-16(22-24)4-3-14(2)19/h3-7,9,11,13,20H,8,10,12,19H2,1-2H3/b6-5+,14-3+,16-4+,20-17?. The van der Waals surface area contributed by atoms with E-state index in [4.69, 9.17) is 11.1 Å². The van der Waals surface area contributed by atoms with E-state index in [1.807, 2.05) is 6.07 Å². The van der Waals surface area contributed by atoms with Gasteiger partial charge in [-0.25, -0.2) is 4.98 Å². The SMILES string of the molecule is C\C(N)=C/C=C(\C=C\C(=N)c1ccnc(N2CCC(C)C2)c1)N=O. The monoisotopic (exact) mass is 325 g/mol. The zero-order valence-corrected chi connectivity index (χ0v) is 14.1. The minimum atomic E-state index is 0.215. The summed E-state index contributed by atoms with van der Waals surface area (Å²) in [6, 6.07) is 3.70. The predicted molar refractivity (Wildman–Crippen MR) is 98.0 cm³/mol. The smallest absolute Gasteiger partial charge is 0.129 e. The van der Waals surface area contributed by atoms with Crippen LogP contribution in [-0.2, 0) is 0 Å². The van der Waals surface area contributed by atoms with Crippen molar-refractivity contribution in [3.05, 3.63) is 64.5 Å². The first-order chi connectivity index (χ1) is 11.5. The molecule has 0 aromatic carbocycles. The molecule has 126 valence electrons. The van der Waals surface area contributed by atoms with E-state index in [-0.39, 0.29) is 5.70 Å². The molecule has 1 fully saturated rings. The highest BCUT2D eigenvalue weighted by atomic mass is 16.3. The summed E-state index contributed by atoms with van der Waals surface area (Å²) in [5, 5.41) is 11.1. The largest absolute Gasteiger partial charge is 0.402 e. The summed E-state index contributed by atoms with van der Waals surface area (Å²) in [5.74, 6) is 1.56. The topological polar surface area (TPSA) is 95.4 Å². The fraction of sp³-hybridized carbons (Fsp3) is 0.333. The van der Waals surface area contributed by atoms with Gasteiger partial charge in [0.2, 0.25) is 0 Å². The Hall–Kier alpha value is -2.76. The Morgan fingerprint density at radius 1 is 1.46 bits per heavy atom. The van der Waals surface area contributed by atoms with Crippen LogP contribution in [0, 0.1) is 16.2 Å². The van der Waals surface area contributed by atoms with Gasteiger partial charge < -0.3 is 16.0 Å². The number of rotatable bonds is 6. The number of hydrogen-bond donors (Lipinski definition) is 2. The van der Waals surface area contributed by atoms with E-state index < -0.39 is 0 Å². The van der Waals surface area contributed by atoms with Crippen molar-refractivity contribution in [2.45, 2.75) is 20.3 Å². The lowest BCUT2D eigenvalue weighted by Crippen LogP contribution is -2.20. The lowest BCUT2D eigenvalue weighted by atomic mass is 10.1. The third-order valence-corrected chi connectivity index (χ3v) is 3.85. The van der Waals surface area contributed by atoms with Crippen molar-refractivity contribution in [2.75, 3.05) is 18.0 Å². The van der Waals surface area contributed by atoms with Gasteiger partial charge in [0, 0.05) is 30.5 Å². The number of allylic oxidation sites excluding steroid dienone is 5. The molecule has 3 N–H and O–H groups in total. The van der Waals surface area contributed by atoms with Crippen molar-refractivity contribution < 1.29 is 0 Å². The van der Waals surface area contributed by atoms with Crippen LogP contribution in [0.5, 0.6) is 0 Å². The molecule has 1 atom stereocenters. The molecule has 0 spiro atoms. The Bertz CT molecular complexity index is 701. The summed E-state index contributed by atoms with van der Waals surface area (Å²) in [6.07, 6.45) is 9.06. The molecule has 0 saturated carbocycles. The summed E-state index contributed by atoms with van der Waals surface area (Å²) in [7, 11) is 0. The second-order valence-corrected chi connectivity index (χ2v) is 6.08. The number of nitrogens with one attached hydrogen (secondary N) is 1. The highest BCUT2D eigenvalue weighted by Crippen LogP contribution is 2.22. The van der Waals surface area contributed by atoms with Gasteiger partial charge in [-0.05, 0) is 60.9 Å². The molecule has 1 unspecified atom stereocenters. The number of aromatic nitrogens is 1. The average molecular weight is 325 g/mol. The van der Waals surface area contributed by atoms with Gasteiger partial charge in [-0.2, -0.15) is 0 Å². The fourth-order valence-electron chi connectivity index (χ4n) is 2.50. The molecular weight excluding hydrogens is 302 g/mol. The molecule has 6 nitrogen and oxygen atoms in total. The second-order valence-electron chi connectivity index (χ2n) is 6.08. The second kappa shape index (κ2) is 8.19. The lowest BCUT2D eigenvalue weighted by Gasteiger charge is -2.17. The van der Waals surface area contributed by atoms with Crippen LogP contribution in [0.4, 0.5) is 5.82 Å². The average Bonchev–Trinajstić information content (AvgIpc) is 3.01. The van der Waals surface area contributed by atoms with Crippen LogP contribution in [0.2, 0.25) is 0 Å². The summed E-state index contributed by atoms with van der Waals surface area (Å²) in [4.78, 5) is 17.4. The maximum absolute atomic E-state index is 10.8. The molecule has 1 aromatic heterocycles. The molecular formula is C18H23N5O. The van der Waals surface area contributed by atoms with Crippen molar-refractivity contribution in [1.29, 1.82) is 5.41 Å². The van der Waals surface area contributed by atoms with Gasteiger partial charge in [0.1, 0.15) is 11.5 Å². The van der Waals surface area contributed by atoms with Gasteiger partial charge in [-0.1, -0.05) is 6.92 Å². The van der Waals surface area contributed by atoms with Crippen LogP contribution in [-0.4, -0.2) is 23.8 Å².